The van der Waals surface area contributed by atoms with Gasteiger partial charge in [-0.2, -0.15) is 0 Å². The fourth-order valence-corrected chi connectivity index (χ4v) is 2.59. The highest BCUT2D eigenvalue weighted by molar-refractivity contribution is 5.85. The van der Waals surface area contributed by atoms with Crippen molar-refractivity contribution in [1.29, 1.82) is 0 Å². The predicted molar refractivity (Wildman–Crippen MR) is 85.2 cm³/mol. The molecular formula is C17H23N3O. The second-order valence-electron chi connectivity index (χ2n) is 6.11. The number of hydrogen-bond acceptors (Lipinski definition) is 2. The Hall–Kier alpha value is -1.81. The molecule has 1 heterocycles. The number of nitrogens with one attached hydrogen (secondary N) is 3. The van der Waals surface area contributed by atoms with Crippen molar-refractivity contribution in [3.8, 4) is 0 Å². The number of aryl methyl sites for hydroxylation is 2. The predicted octanol–water partition coefficient (Wildman–Crippen LogP) is 2.40. The van der Waals surface area contributed by atoms with Gasteiger partial charge in [-0.1, -0.05) is 6.07 Å². The smallest absolute Gasteiger partial charge is 0.234 e. The lowest BCUT2D eigenvalue weighted by Gasteiger charge is -2.07. The summed E-state index contributed by atoms with van der Waals surface area (Å²) >= 11 is 0. The van der Waals surface area contributed by atoms with Crippen LogP contribution < -0.4 is 10.6 Å². The molecule has 0 bridgehead atoms. The Bertz CT molecular complexity index is 655. The normalized spacial score (nSPS) is 14.6. The molecule has 0 radical (unpaired) electrons. The molecule has 2 aromatic rings. The molecule has 3 N–H and O–H groups in total. The number of carbonyl (C=O) groups excluding carboxylic acids is 1. The zero-order chi connectivity index (χ0) is 14.8. The van der Waals surface area contributed by atoms with E-state index in [1.807, 2.05) is 0 Å². The van der Waals surface area contributed by atoms with Gasteiger partial charge in [0.05, 0.1) is 6.54 Å². The summed E-state index contributed by atoms with van der Waals surface area (Å²) in [6, 6.07) is 6.31. The van der Waals surface area contributed by atoms with Gasteiger partial charge in [0.15, 0.2) is 0 Å². The highest BCUT2D eigenvalue weighted by Crippen LogP contribution is 2.27. The molecule has 0 unspecified atom stereocenters. The molecule has 1 fully saturated rings. The SMILES string of the molecule is Cc1[nH]c2ccc(CNC(=O)CNCC3CC3)cc2c1C. The van der Waals surface area contributed by atoms with Crippen LogP contribution in [-0.2, 0) is 11.3 Å². The van der Waals surface area contributed by atoms with Crippen LogP contribution in [-0.4, -0.2) is 24.0 Å². The molecule has 0 atom stereocenters. The lowest BCUT2D eigenvalue weighted by atomic mass is 10.1. The van der Waals surface area contributed by atoms with Crippen LogP contribution in [0.2, 0.25) is 0 Å². The van der Waals surface area contributed by atoms with Crippen LogP contribution in [0.5, 0.6) is 0 Å². The van der Waals surface area contributed by atoms with Crippen LogP contribution in [0.25, 0.3) is 10.9 Å². The second kappa shape index (κ2) is 5.90. The molecule has 112 valence electrons. The van der Waals surface area contributed by atoms with Gasteiger partial charge in [-0.25, -0.2) is 0 Å². The molecular weight excluding hydrogens is 262 g/mol. The third kappa shape index (κ3) is 3.45. The van der Waals surface area contributed by atoms with Crippen molar-refractivity contribution in [1.82, 2.24) is 15.6 Å². The van der Waals surface area contributed by atoms with E-state index in [1.54, 1.807) is 0 Å². The molecule has 1 aromatic heterocycles. The highest BCUT2D eigenvalue weighted by atomic mass is 16.1. The molecule has 4 heteroatoms. The van der Waals surface area contributed by atoms with E-state index < -0.39 is 0 Å². The monoisotopic (exact) mass is 285 g/mol. The first kappa shape index (κ1) is 14.1. The summed E-state index contributed by atoms with van der Waals surface area (Å²) in [5, 5.41) is 7.42. The Morgan fingerprint density at radius 1 is 1.33 bits per heavy atom. The van der Waals surface area contributed by atoms with Crippen molar-refractivity contribution < 1.29 is 4.79 Å². The minimum absolute atomic E-state index is 0.0673. The lowest BCUT2D eigenvalue weighted by molar-refractivity contribution is -0.120. The molecule has 0 spiro atoms. The van der Waals surface area contributed by atoms with Crippen molar-refractivity contribution in [2.45, 2.75) is 33.2 Å². The summed E-state index contributed by atoms with van der Waals surface area (Å²) in [6.07, 6.45) is 2.62. The average Bonchev–Trinajstić information content (AvgIpc) is 3.25. The van der Waals surface area contributed by atoms with Crippen molar-refractivity contribution >= 4 is 16.8 Å². The van der Waals surface area contributed by atoms with Crippen molar-refractivity contribution in [3.05, 3.63) is 35.0 Å². The zero-order valence-corrected chi connectivity index (χ0v) is 12.8. The summed E-state index contributed by atoms with van der Waals surface area (Å²) in [5.41, 5.74) is 4.78. The maximum Gasteiger partial charge on any atom is 0.234 e. The second-order valence-corrected chi connectivity index (χ2v) is 6.11. The van der Waals surface area contributed by atoms with Crippen LogP contribution >= 0.6 is 0 Å². The number of benzene rings is 1. The number of carbonyl (C=O) groups is 1. The average molecular weight is 285 g/mol. The number of rotatable bonds is 6. The maximum atomic E-state index is 11.8. The van der Waals surface area contributed by atoms with Crippen LogP contribution in [0.1, 0.15) is 29.7 Å². The number of aromatic amines is 1. The fraction of sp³-hybridized carbons (Fsp3) is 0.471. The molecule has 3 rings (SSSR count). The standard InChI is InChI=1S/C17H23N3O/c1-11-12(2)20-16-6-5-14(7-15(11)16)9-19-17(21)10-18-8-13-3-4-13/h5-7,13,18,20H,3-4,8-10H2,1-2H3,(H,19,21). The van der Waals surface area contributed by atoms with E-state index in [0.717, 1.165) is 23.5 Å². The van der Waals surface area contributed by atoms with Gasteiger partial charge in [-0.15, -0.1) is 0 Å². The van der Waals surface area contributed by atoms with Crippen LogP contribution in [0.15, 0.2) is 18.2 Å². The number of fused-ring (bicyclic) bond motifs is 1. The van der Waals surface area contributed by atoms with Gasteiger partial charge in [0.1, 0.15) is 0 Å². The molecule has 1 saturated carbocycles. The van der Waals surface area contributed by atoms with E-state index in [-0.39, 0.29) is 5.91 Å². The van der Waals surface area contributed by atoms with Gasteiger partial charge in [-0.3, -0.25) is 4.79 Å². The van der Waals surface area contributed by atoms with Crippen molar-refractivity contribution in [2.24, 2.45) is 5.92 Å². The van der Waals surface area contributed by atoms with E-state index in [2.05, 4.69) is 47.7 Å². The Labute approximate surface area is 125 Å². The van der Waals surface area contributed by atoms with E-state index in [1.165, 1.54) is 29.5 Å². The lowest BCUT2D eigenvalue weighted by Crippen LogP contribution is -2.34. The molecule has 4 nitrogen and oxygen atoms in total. The Balaban J connectivity index is 1.54. The van der Waals surface area contributed by atoms with Gasteiger partial charge in [0.25, 0.3) is 0 Å². The number of aromatic nitrogens is 1. The number of hydrogen-bond donors (Lipinski definition) is 3. The Kier molecular flexibility index (Phi) is 3.97. The van der Waals surface area contributed by atoms with E-state index >= 15 is 0 Å². The summed E-state index contributed by atoms with van der Waals surface area (Å²) in [6.45, 7) is 6.19. The van der Waals surface area contributed by atoms with Crippen molar-refractivity contribution in [2.75, 3.05) is 13.1 Å². The van der Waals surface area contributed by atoms with Crippen LogP contribution in [0.4, 0.5) is 0 Å². The molecule has 1 aromatic carbocycles. The van der Waals surface area contributed by atoms with Crippen LogP contribution in [0.3, 0.4) is 0 Å². The summed E-state index contributed by atoms with van der Waals surface area (Å²) in [4.78, 5) is 15.1. The minimum atomic E-state index is 0.0673. The first-order valence-corrected chi connectivity index (χ1v) is 7.68. The molecule has 0 saturated heterocycles. The van der Waals surface area contributed by atoms with Gasteiger partial charge in [-0.05, 0) is 62.4 Å². The maximum absolute atomic E-state index is 11.8. The number of H-pyrrole nitrogens is 1. The first-order valence-electron chi connectivity index (χ1n) is 7.68. The van der Waals surface area contributed by atoms with Crippen molar-refractivity contribution in [3.63, 3.8) is 0 Å². The first-order chi connectivity index (χ1) is 10.1. The van der Waals surface area contributed by atoms with Gasteiger partial charge in [0.2, 0.25) is 5.91 Å². The quantitative estimate of drug-likeness (QED) is 0.763. The van der Waals surface area contributed by atoms with E-state index in [9.17, 15) is 4.79 Å². The number of amides is 1. The third-order valence-corrected chi connectivity index (χ3v) is 4.28. The highest BCUT2D eigenvalue weighted by Gasteiger charge is 2.20. The molecule has 0 aliphatic heterocycles. The molecule has 1 aliphatic carbocycles. The largest absolute Gasteiger partial charge is 0.358 e. The Morgan fingerprint density at radius 3 is 2.90 bits per heavy atom. The van der Waals surface area contributed by atoms with Gasteiger partial charge >= 0.3 is 0 Å². The summed E-state index contributed by atoms with van der Waals surface area (Å²) < 4.78 is 0. The molecule has 21 heavy (non-hydrogen) atoms. The zero-order valence-electron chi connectivity index (χ0n) is 12.8. The summed E-state index contributed by atoms with van der Waals surface area (Å²) in [7, 11) is 0. The van der Waals surface area contributed by atoms with Gasteiger partial charge in [0, 0.05) is 23.1 Å². The summed E-state index contributed by atoms with van der Waals surface area (Å²) in [5.74, 6) is 0.873. The Morgan fingerprint density at radius 2 is 2.14 bits per heavy atom. The van der Waals surface area contributed by atoms with Gasteiger partial charge < -0.3 is 15.6 Å². The van der Waals surface area contributed by atoms with E-state index in [0.29, 0.717) is 13.1 Å². The third-order valence-electron chi connectivity index (χ3n) is 4.28. The van der Waals surface area contributed by atoms with E-state index in [4.69, 9.17) is 0 Å². The topological polar surface area (TPSA) is 56.9 Å². The minimum Gasteiger partial charge on any atom is -0.358 e. The van der Waals surface area contributed by atoms with Crippen LogP contribution in [0, 0.1) is 19.8 Å². The molecule has 1 aliphatic rings. The fourth-order valence-electron chi connectivity index (χ4n) is 2.59. The molecule has 1 amide bonds.